The first-order valence-corrected chi connectivity index (χ1v) is 11.7. The van der Waals surface area contributed by atoms with Crippen LogP contribution in [0.25, 0.3) is 17.3 Å². The molecule has 0 aliphatic heterocycles. The Labute approximate surface area is 175 Å². The summed E-state index contributed by atoms with van der Waals surface area (Å²) in [5, 5.41) is 0. The molecule has 7 heteroatoms. The molecule has 2 aromatic rings. The van der Waals surface area contributed by atoms with E-state index in [4.69, 9.17) is 0 Å². The minimum absolute atomic E-state index is 0.0342. The van der Waals surface area contributed by atoms with Gasteiger partial charge in [0.25, 0.3) is 0 Å². The predicted molar refractivity (Wildman–Crippen MR) is 122 cm³/mol. The molecule has 0 spiro atoms. The van der Waals surface area contributed by atoms with Crippen molar-refractivity contribution in [2.24, 2.45) is 0 Å². The maximum absolute atomic E-state index is 13.2. The maximum atomic E-state index is 13.2. The van der Waals surface area contributed by atoms with E-state index in [-0.39, 0.29) is 17.7 Å². The van der Waals surface area contributed by atoms with Crippen LogP contribution in [-0.4, -0.2) is 31.7 Å². The highest BCUT2D eigenvalue weighted by atomic mass is 32.2. The van der Waals surface area contributed by atoms with Crippen LogP contribution in [0.3, 0.4) is 0 Å². The lowest BCUT2D eigenvalue weighted by Crippen LogP contribution is -2.27. The molecule has 0 aliphatic carbocycles. The smallest absolute Gasteiger partial charge is 0.239 e. The molecule has 0 saturated carbocycles. The van der Waals surface area contributed by atoms with Gasteiger partial charge in [0.05, 0.1) is 17.6 Å². The normalized spacial score (nSPS) is 10.4. The molecule has 0 N–H and O–H groups in total. The molecule has 0 amide bonds. The van der Waals surface area contributed by atoms with Crippen LogP contribution in [0, 0.1) is 5.82 Å². The van der Waals surface area contributed by atoms with E-state index in [1.807, 2.05) is 27.7 Å². The van der Waals surface area contributed by atoms with E-state index in [1.54, 1.807) is 18.2 Å². The van der Waals surface area contributed by atoms with Crippen molar-refractivity contribution in [1.82, 2.24) is 9.97 Å². The summed E-state index contributed by atoms with van der Waals surface area (Å²) in [6.07, 6.45) is 3.97. The summed E-state index contributed by atoms with van der Waals surface area (Å²) in [6, 6.07) is 5.86. The highest BCUT2D eigenvalue weighted by Crippen LogP contribution is 2.31. The zero-order chi connectivity index (χ0) is 22.8. The van der Waals surface area contributed by atoms with Crippen LogP contribution in [0.15, 0.2) is 30.8 Å². The fraction of sp³-hybridized carbons (Fsp3) is 0.455. The van der Waals surface area contributed by atoms with Gasteiger partial charge in [0.2, 0.25) is 16.0 Å². The van der Waals surface area contributed by atoms with Crippen molar-refractivity contribution in [3.8, 4) is 11.3 Å². The van der Waals surface area contributed by atoms with Crippen LogP contribution in [0.4, 0.5) is 10.3 Å². The first kappa shape index (κ1) is 26.7. The van der Waals surface area contributed by atoms with Crippen molar-refractivity contribution in [3.05, 3.63) is 47.9 Å². The van der Waals surface area contributed by atoms with Crippen LogP contribution >= 0.6 is 0 Å². The first-order valence-electron chi connectivity index (χ1n) is 9.80. The second kappa shape index (κ2) is 12.3. The summed E-state index contributed by atoms with van der Waals surface area (Å²) in [7, 11) is -2.10. The Morgan fingerprint density at radius 1 is 1.14 bits per heavy atom. The molecular formula is C22H34FN3O2S. The summed E-state index contributed by atoms with van der Waals surface area (Å²) >= 11 is 0. The Bertz CT molecular complexity index is 880. The molecule has 1 aromatic heterocycles. The van der Waals surface area contributed by atoms with Crippen LogP contribution in [-0.2, 0) is 10.0 Å². The van der Waals surface area contributed by atoms with Crippen molar-refractivity contribution in [2.75, 3.05) is 17.6 Å². The first-order chi connectivity index (χ1) is 13.6. The van der Waals surface area contributed by atoms with Crippen molar-refractivity contribution < 1.29 is 12.8 Å². The number of sulfonamides is 1. The fourth-order valence-corrected chi connectivity index (χ4v) is 2.61. The Balaban J connectivity index is 0.00000143. The van der Waals surface area contributed by atoms with Gasteiger partial charge in [0.15, 0.2) is 0 Å². The van der Waals surface area contributed by atoms with Crippen molar-refractivity contribution >= 4 is 22.0 Å². The predicted octanol–water partition coefficient (Wildman–Crippen LogP) is 5.89. The zero-order valence-corrected chi connectivity index (χ0v) is 19.6. The average molecular weight is 424 g/mol. The molecule has 0 unspecified atom stereocenters. The lowest BCUT2D eigenvalue weighted by Gasteiger charge is -2.20. The topological polar surface area (TPSA) is 63.2 Å². The van der Waals surface area contributed by atoms with Gasteiger partial charge in [-0.3, -0.25) is 0 Å². The third-order valence-corrected chi connectivity index (χ3v) is 4.77. The molecule has 29 heavy (non-hydrogen) atoms. The number of rotatable bonds is 5. The van der Waals surface area contributed by atoms with E-state index in [1.165, 1.54) is 25.6 Å². The molecule has 5 nitrogen and oxygen atoms in total. The van der Waals surface area contributed by atoms with Gasteiger partial charge in [-0.2, -0.15) is 0 Å². The van der Waals surface area contributed by atoms with E-state index in [2.05, 4.69) is 30.4 Å². The summed E-state index contributed by atoms with van der Waals surface area (Å²) < 4.78 is 37.9. The van der Waals surface area contributed by atoms with Crippen LogP contribution < -0.4 is 4.31 Å². The summed E-state index contributed by atoms with van der Waals surface area (Å²) in [4.78, 5) is 8.80. The van der Waals surface area contributed by atoms with Gasteiger partial charge in [0.1, 0.15) is 5.82 Å². The van der Waals surface area contributed by atoms with Gasteiger partial charge in [-0.15, -0.1) is 0 Å². The monoisotopic (exact) mass is 423 g/mol. The molecule has 0 radical (unpaired) electrons. The molecule has 0 aliphatic rings. The van der Waals surface area contributed by atoms with E-state index >= 15 is 0 Å². The quantitative estimate of drug-likeness (QED) is 0.602. The molecule has 2 rings (SSSR count). The summed E-state index contributed by atoms with van der Waals surface area (Å²) in [6.45, 7) is 16.0. The van der Waals surface area contributed by atoms with Gasteiger partial charge in [0, 0.05) is 18.2 Å². The standard InChI is InChI=1S/C17H20FN3O2S.C3H8.C2H6/c1-6-14-15(11(2)3)19-17(21(4)24(5,22)23)20-16(14)12-7-9-13(18)10-8-12;1-3-2;1-2/h6-11H,1H2,2-5H3;3H2,1-2H3;1-2H3. The number of nitrogens with zero attached hydrogens (tertiary/aromatic N) is 3. The zero-order valence-electron chi connectivity index (χ0n) is 18.8. The number of anilines is 1. The van der Waals surface area contributed by atoms with Crippen molar-refractivity contribution in [1.29, 1.82) is 0 Å². The van der Waals surface area contributed by atoms with E-state index in [0.29, 0.717) is 22.5 Å². The maximum Gasteiger partial charge on any atom is 0.239 e. The van der Waals surface area contributed by atoms with Crippen molar-refractivity contribution in [3.63, 3.8) is 0 Å². The molecule has 0 atom stereocenters. The lowest BCUT2D eigenvalue weighted by molar-refractivity contribution is 0.599. The molecule has 1 aromatic carbocycles. The Morgan fingerprint density at radius 3 is 2.00 bits per heavy atom. The van der Waals surface area contributed by atoms with E-state index < -0.39 is 10.0 Å². The Kier molecular flexibility index (Phi) is 11.3. The van der Waals surface area contributed by atoms with E-state index in [0.717, 1.165) is 10.6 Å². The second-order valence-electron chi connectivity index (χ2n) is 6.47. The average Bonchev–Trinajstić information content (AvgIpc) is 2.68. The number of hydrogen-bond donors (Lipinski definition) is 0. The van der Waals surface area contributed by atoms with Gasteiger partial charge in [-0.1, -0.05) is 60.6 Å². The lowest BCUT2D eigenvalue weighted by atomic mass is 9.98. The largest absolute Gasteiger partial charge is 0.241 e. The molecular weight excluding hydrogens is 389 g/mol. The van der Waals surface area contributed by atoms with Gasteiger partial charge < -0.3 is 0 Å². The third-order valence-electron chi connectivity index (χ3n) is 3.61. The SMILES string of the molecule is C=Cc1c(-c2ccc(F)cc2)nc(N(C)S(C)(=O)=O)nc1C(C)C.CC.CCC. The van der Waals surface area contributed by atoms with Crippen LogP contribution in [0.2, 0.25) is 0 Å². The number of halogens is 1. The minimum atomic E-state index is -3.50. The molecule has 0 saturated heterocycles. The number of benzene rings is 1. The van der Waals surface area contributed by atoms with E-state index in [9.17, 15) is 12.8 Å². The number of aromatic nitrogens is 2. The van der Waals surface area contributed by atoms with Crippen LogP contribution in [0.5, 0.6) is 0 Å². The molecule has 0 bridgehead atoms. The summed E-state index contributed by atoms with van der Waals surface area (Å²) in [5.41, 5.74) is 2.58. The molecule has 0 fully saturated rings. The highest BCUT2D eigenvalue weighted by molar-refractivity contribution is 7.92. The summed E-state index contributed by atoms with van der Waals surface area (Å²) in [5.74, 6) is -0.247. The fourth-order valence-electron chi connectivity index (χ4n) is 2.23. The van der Waals surface area contributed by atoms with Gasteiger partial charge in [-0.05, 0) is 30.2 Å². The minimum Gasteiger partial charge on any atom is -0.241 e. The Hall–Kier alpha value is -2.28. The molecule has 1 heterocycles. The second-order valence-corrected chi connectivity index (χ2v) is 8.49. The highest BCUT2D eigenvalue weighted by Gasteiger charge is 2.21. The molecule has 162 valence electrons. The van der Waals surface area contributed by atoms with Crippen molar-refractivity contribution in [2.45, 2.75) is 53.9 Å². The van der Waals surface area contributed by atoms with Crippen LogP contribution in [0.1, 0.15) is 65.1 Å². The van der Waals surface area contributed by atoms with Gasteiger partial charge in [-0.25, -0.2) is 27.1 Å². The number of hydrogen-bond acceptors (Lipinski definition) is 4. The van der Waals surface area contributed by atoms with Gasteiger partial charge >= 0.3 is 0 Å². The third kappa shape index (κ3) is 7.57. The Morgan fingerprint density at radius 2 is 1.62 bits per heavy atom.